The van der Waals surface area contributed by atoms with E-state index in [1.165, 1.54) is 5.56 Å². The molecule has 0 aromatic carbocycles. The Morgan fingerprint density at radius 1 is 1.33 bits per heavy atom. The molecule has 112 valence electrons. The first kappa shape index (κ1) is 15.2. The van der Waals surface area contributed by atoms with Crippen molar-refractivity contribution in [1.29, 1.82) is 0 Å². The molecule has 2 heterocycles. The molecule has 2 rings (SSSR count). The number of nitrogens with zero attached hydrogens (tertiary/aromatic N) is 3. The van der Waals surface area contributed by atoms with E-state index in [-0.39, 0.29) is 5.91 Å². The number of pyridine rings is 1. The molecule has 0 unspecified atom stereocenters. The Morgan fingerprint density at radius 2 is 2.14 bits per heavy atom. The van der Waals surface area contributed by atoms with Crippen LogP contribution in [0.1, 0.15) is 28.9 Å². The van der Waals surface area contributed by atoms with E-state index in [0.717, 1.165) is 29.8 Å². The Hall–Kier alpha value is -2.17. The second-order valence-electron chi connectivity index (χ2n) is 5.34. The molecule has 0 bridgehead atoms. The third kappa shape index (κ3) is 4.15. The summed E-state index contributed by atoms with van der Waals surface area (Å²) in [6.07, 6.45) is 5.65. The lowest BCUT2D eigenvalue weighted by Gasteiger charge is -2.17. The molecule has 1 amide bonds. The summed E-state index contributed by atoms with van der Waals surface area (Å²) < 4.78 is 0. The molecule has 21 heavy (non-hydrogen) atoms. The number of H-pyrrole nitrogens is 1. The van der Waals surface area contributed by atoms with Gasteiger partial charge in [-0.25, -0.2) is 0 Å². The zero-order chi connectivity index (χ0) is 15.2. The normalized spacial score (nSPS) is 10.6. The smallest absolute Gasteiger partial charge is 0.222 e. The van der Waals surface area contributed by atoms with Gasteiger partial charge in [0, 0.05) is 38.1 Å². The standard InChI is InChI=1S/C16H22N4O/c1-12-15(13(2)19-18-12)8-10-20(3)16(21)7-6-14-5-4-9-17-11-14/h4-5,9,11H,6-8,10H2,1-3H3,(H,18,19). The molecule has 2 aromatic rings. The minimum atomic E-state index is 0.164. The fourth-order valence-electron chi connectivity index (χ4n) is 2.33. The SMILES string of the molecule is Cc1n[nH]c(C)c1CCN(C)C(=O)CCc1cccnc1. The van der Waals surface area contributed by atoms with Crippen LogP contribution in [0.25, 0.3) is 0 Å². The van der Waals surface area contributed by atoms with Crippen LogP contribution in [0.4, 0.5) is 0 Å². The molecule has 0 spiro atoms. The second-order valence-corrected chi connectivity index (χ2v) is 5.34. The highest BCUT2D eigenvalue weighted by Crippen LogP contribution is 2.11. The molecule has 2 aromatic heterocycles. The van der Waals surface area contributed by atoms with E-state index in [9.17, 15) is 4.79 Å². The van der Waals surface area contributed by atoms with Crippen LogP contribution in [0.2, 0.25) is 0 Å². The average Bonchev–Trinajstić information content (AvgIpc) is 2.82. The van der Waals surface area contributed by atoms with Gasteiger partial charge in [-0.15, -0.1) is 0 Å². The summed E-state index contributed by atoms with van der Waals surface area (Å²) in [5, 5.41) is 7.16. The first-order valence-corrected chi connectivity index (χ1v) is 7.21. The van der Waals surface area contributed by atoms with Crippen molar-refractivity contribution in [3.8, 4) is 0 Å². The van der Waals surface area contributed by atoms with E-state index < -0.39 is 0 Å². The van der Waals surface area contributed by atoms with Crippen LogP contribution < -0.4 is 0 Å². The topological polar surface area (TPSA) is 61.9 Å². The highest BCUT2D eigenvalue weighted by molar-refractivity contribution is 5.76. The zero-order valence-electron chi connectivity index (χ0n) is 12.9. The fraction of sp³-hybridized carbons (Fsp3) is 0.438. The number of amides is 1. The van der Waals surface area contributed by atoms with Gasteiger partial charge >= 0.3 is 0 Å². The lowest BCUT2D eigenvalue weighted by molar-refractivity contribution is -0.129. The fourth-order valence-corrected chi connectivity index (χ4v) is 2.33. The number of likely N-dealkylation sites (N-methyl/N-ethyl adjacent to an activating group) is 1. The molecule has 0 atom stereocenters. The predicted octanol–water partition coefficient (Wildman–Crippen LogP) is 2.06. The summed E-state index contributed by atoms with van der Waals surface area (Å²) in [5.74, 6) is 0.164. The van der Waals surface area contributed by atoms with E-state index in [4.69, 9.17) is 0 Å². The highest BCUT2D eigenvalue weighted by Gasteiger charge is 2.11. The molecule has 5 heteroatoms. The van der Waals surface area contributed by atoms with Crippen LogP contribution in [-0.2, 0) is 17.6 Å². The van der Waals surface area contributed by atoms with Gasteiger partial charge in [0.05, 0.1) is 5.69 Å². The van der Waals surface area contributed by atoms with Gasteiger partial charge in [-0.1, -0.05) is 6.07 Å². The minimum absolute atomic E-state index is 0.164. The van der Waals surface area contributed by atoms with E-state index in [0.29, 0.717) is 13.0 Å². The summed E-state index contributed by atoms with van der Waals surface area (Å²) in [4.78, 5) is 18.0. The number of aromatic amines is 1. The van der Waals surface area contributed by atoms with E-state index in [2.05, 4.69) is 15.2 Å². The molecule has 1 N–H and O–H groups in total. The predicted molar refractivity (Wildman–Crippen MR) is 82.0 cm³/mol. The van der Waals surface area contributed by atoms with Gasteiger partial charge in [0.2, 0.25) is 5.91 Å². The van der Waals surface area contributed by atoms with Gasteiger partial charge in [0.25, 0.3) is 0 Å². The number of aryl methyl sites for hydroxylation is 3. The molecule has 0 saturated carbocycles. The van der Waals surface area contributed by atoms with Crippen molar-refractivity contribution in [1.82, 2.24) is 20.1 Å². The van der Waals surface area contributed by atoms with Gasteiger partial charge in [0.15, 0.2) is 0 Å². The van der Waals surface area contributed by atoms with Crippen LogP contribution in [0.5, 0.6) is 0 Å². The largest absolute Gasteiger partial charge is 0.345 e. The van der Waals surface area contributed by atoms with Gasteiger partial charge in [-0.3, -0.25) is 14.9 Å². The van der Waals surface area contributed by atoms with Gasteiger partial charge in [0.1, 0.15) is 0 Å². The number of nitrogens with one attached hydrogen (secondary N) is 1. The molecule has 0 aliphatic heterocycles. The number of rotatable bonds is 6. The first-order valence-electron chi connectivity index (χ1n) is 7.21. The summed E-state index contributed by atoms with van der Waals surface area (Å²) in [6.45, 7) is 4.72. The lowest BCUT2D eigenvalue weighted by atomic mass is 10.1. The van der Waals surface area contributed by atoms with Crippen LogP contribution in [-0.4, -0.2) is 39.6 Å². The molecule has 0 fully saturated rings. The summed E-state index contributed by atoms with van der Waals surface area (Å²) in [5.41, 5.74) is 4.41. The quantitative estimate of drug-likeness (QED) is 0.884. The molecule has 5 nitrogen and oxygen atoms in total. The zero-order valence-corrected chi connectivity index (χ0v) is 12.9. The van der Waals surface area contributed by atoms with Crippen molar-refractivity contribution in [2.24, 2.45) is 0 Å². The molecular weight excluding hydrogens is 264 g/mol. The van der Waals surface area contributed by atoms with Crippen molar-refractivity contribution < 1.29 is 4.79 Å². The Morgan fingerprint density at radius 3 is 2.76 bits per heavy atom. The maximum absolute atomic E-state index is 12.1. The van der Waals surface area contributed by atoms with Gasteiger partial charge in [-0.05, 0) is 43.9 Å². The highest BCUT2D eigenvalue weighted by atomic mass is 16.2. The third-order valence-electron chi connectivity index (χ3n) is 3.75. The van der Waals surface area contributed by atoms with Crippen molar-refractivity contribution in [2.45, 2.75) is 33.1 Å². The maximum atomic E-state index is 12.1. The van der Waals surface area contributed by atoms with Crippen LogP contribution in [0.15, 0.2) is 24.5 Å². The molecule has 0 aliphatic rings. The number of hydrogen-bond acceptors (Lipinski definition) is 3. The van der Waals surface area contributed by atoms with E-state index >= 15 is 0 Å². The lowest BCUT2D eigenvalue weighted by Crippen LogP contribution is -2.29. The third-order valence-corrected chi connectivity index (χ3v) is 3.75. The van der Waals surface area contributed by atoms with Crippen molar-refractivity contribution in [3.05, 3.63) is 47.0 Å². The first-order chi connectivity index (χ1) is 10.1. The van der Waals surface area contributed by atoms with E-state index in [1.807, 2.05) is 39.2 Å². The number of hydrogen-bond donors (Lipinski definition) is 1. The summed E-state index contributed by atoms with van der Waals surface area (Å²) in [7, 11) is 1.86. The molecule has 0 saturated heterocycles. The number of carbonyl (C=O) groups is 1. The Balaban J connectivity index is 1.80. The van der Waals surface area contributed by atoms with Crippen molar-refractivity contribution >= 4 is 5.91 Å². The number of aromatic nitrogens is 3. The number of carbonyl (C=O) groups excluding carboxylic acids is 1. The maximum Gasteiger partial charge on any atom is 0.222 e. The van der Waals surface area contributed by atoms with Crippen LogP contribution in [0, 0.1) is 13.8 Å². The van der Waals surface area contributed by atoms with Gasteiger partial charge in [-0.2, -0.15) is 5.10 Å². The monoisotopic (exact) mass is 286 g/mol. The second kappa shape index (κ2) is 7.02. The van der Waals surface area contributed by atoms with Gasteiger partial charge < -0.3 is 4.90 Å². The van der Waals surface area contributed by atoms with Crippen LogP contribution >= 0.6 is 0 Å². The summed E-state index contributed by atoms with van der Waals surface area (Å²) in [6, 6.07) is 3.90. The molecule has 0 aliphatic carbocycles. The Kier molecular flexibility index (Phi) is 5.09. The minimum Gasteiger partial charge on any atom is -0.345 e. The Labute approximate surface area is 125 Å². The van der Waals surface area contributed by atoms with E-state index in [1.54, 1.807) is 11.1 Å². The average molecular weight is 286 g/mol. The molecular formula is C16H22N4O. The van der Waals surface area contributed by atoms with Crippen LogP contribution in [0.3, 0.4) is 0 Å². The van der Waals surface area contributed by atoms with Crippen molar-refractivity contribution in [3.63, 3.8) is 0 Å². The van der Waals surface area contributed by atoms with Crippen molar-refractivity contribution in [2.75, 3.05) is 13.6 Å². The summed E-state index contributed by atoms with van der Waals surface area (Å²) >= 11 is 0. The molecule has 0 radical (unpaired) electrons. The Bertz CT molecular complexity index is 572.